The Bertz CT molecular complexity index is 1400. The van der Waals surface area contributed by atoms with Crippen LogP contribution in [0.1, 0.15) is 52.3 Å². The lowest BCUT2D eigenvalue weighted by Crippen LogP contribution is -2.43. The van der Waals surface area contributed by atoms with Gasteiger partial charge in [-0.05, 0) is 52.2 Å². The Hall–Kier alpha value is -3.83. The summed E-state index contributed by atoms with van der Waals surface area (Å²) < 4.78 is 47.5. The molecular formula is C27H32F2N4O6. The van der Waals surface area contributed by atoms with Crippen molar-refractivity contribution < 1.29 is 37.1 Å². The van der Waals surface area contributed by atoms with Gasteiger partial charge in [0.15, 0.2) is 11.4 Å². The van der Waals surface area contributed by atoms with Gasteiger partial charge in [0.1, 0.15) is 22.7 Å². The Morgan fingerprint density at radius 1 is 1.18 bits per heavy atom. The second-order valence-corrected chi connectivity index (χ2v) is 10.5. The first-order valence-electron chi connectivity index (χ1n) is 12.7. The first-order chi connectivity index (χ1) is 18.3. The van der Waals surface area contributed by atoms with Gasteiger partial charge in [-0.1, -0.05) is 12.1 Å². The third-order valence-electron chi connectivity index (χ3n) is 6.40. The topological polar surface area (TPSA) is 115 Å². The highest BCUT2D eigenvalue weighted by Crippen LogP contribution is 2.39. The van der Waals surface area contributed by atoms with Gasteiger partial charge in [-0.2, -0.15) is 8.78 Å². The van der Waals surface area contributed by atoms with Crippen molar-refractivity contribution in [3.63, 3.8) is 0 Å². The Morgan fingerprint density at radius 2 is 1.90 bits per heavy atom. The second kappa shape index (κ2) is 10.7. The standard InChI is InChI=1S/C27H32F2N4O6/c1-26(2,3)39-23(35)17-11-8-15-33(17)22-21-20(16-10-6-7-12-18(16)38-21)30-24(31-22)27(28,29)25(36)32(4)14-9-13-19(34)37-5/h6-7,10,12,17H,8-9,11,13-15H2,1-5H3/t17-/m0/s1. The van der Waals surface area contributed by atoms with Crippen LogP contribution in [-0.2, 0) is 29.8 Å². The third kappa shape index (κ3) is 5.79. The molecule has 0 unspecified atom stereocenters. The molecule has 1 atom stereocenters. The van der Waals surface area contributed by atoms with Gasteiger partial charge in [0.25, 0.3) is 0 Å². The summed E-state index contributed by atoms with van der Waals surface area (Å²) in [6, 6.07) is 6.04. The summed E-state index contributed by atoms with van der Waals surface area (Å²) in [7, 11) is 2.45. The molecule has 2 aromatic heterocycles. The Labute approximate surface area is 224 Å². The molecule has 3 heterocycles. The molecule has 10 nitrogen and oxygen atoms in total. The number of anilines is 1. The first kappa shape index (κ1) is 28.2. The molecule has 12 heteroatoms. The molecule has 0 bridgehead atoms. The molecule has 1 saturated heterocycles. The number of methoxy groups -OCH3 is 1. The molecule has 1 amide bonds. The van der Waals surface area contributed by atoms with Crippen molar-refractivity contribution in [3.8, 4) is 0 Å². The van der Waals surface area contributed by atoms with Crippen LogP contribution in [0.15, 0.2) is 28.7 Å². The zero-order valence-electron chi connectivity index (χ0n) is 22.6. The number of ether oxygens (including phenoxy) is 2. The molecule has 4 rings (SSSR count). The van der Waals surface area contributed by atoms with Gasteiger partial charge >= 0.3 is 23.8 Å². The minimum absolute atomic E-state index is 0.000350. The molecule has 39 heavy (non-hydrogen) atoms. The number of amides is 1. The van der Waals surface area contributed by atoms with Crippen LogP contribution in [0.4, 0.5) is 14.6 Å². The Kier molecular flexibility index (Phi) is 7.76. The fraction of sp³-hybridized carbons (Fsp3) is 0.519. The summed E-state index contributed by atoms with van der Waals surface area (Å²) in [5.74, 6) is -7.62. The maximum atomic E-state index is 15.7. The zero-order valence-corrected chi connectivity index (χ0v) is 22.6. The van der Waals surface area contributed by atoms with Gasteiger partial charge in [-0.15, -0.1) is 0 Å². The van der Waals surface area contributed by atoms with Crippen molar-refractivity contribution in [3.05, 3.63) is 30.1 Å². The maximum absolute atomic E-state index is 15.7. The number of rotatable bonds is 8. The summed E-state index contributed by atoms with van der Waals surface area (Å²) in [5.41, 5.74) is -0.0801. The molecule has 0 spiro atoms. The van der Waals surface area contributed by atoms with Crippen molar-refractivity contribution in [2.75, 3.05) is 32.1 Å². The molecule has 0 N–H and O–H groups in total. The van der Waals surface area contributed by atoms with E-state index in [1.807, 2.05) is 0 Å². The van der Waals surface area contributed by atoms with Crippen LogP contribution in [0.2, 0.25) is 0 Å². The molecule has 1 aliphatic rings. The number of carbonyl (C=O) groups is 3. The van der Waals surface area contributed by atoms with Crippen LogP contribution in [0.3, 0.4) is 0 Å². The molecular weight excluding hydrogens is 514 g/mol. The van der Waals surface area contributed by atoms with E-state index in [2.05, 4.69) is 14.7 Å². The minimum Gasteiger partial charge on any atom is -0.469 e. The van der Waals surface area contributed by atoms with Gasteiger partial charge in [0.05, 0.1) is 7.11 Å². The fourth-order valence-corrected chi connectivity index (χ4v) is 4.55. The van der Waals surface area contributed by atoms with Crippen LogP contribution in [0, 0.1) is 0 Å². The number of para-hydroxylation sites is 1. The van der Waals surface area contributed by atoms with Crippen LogP contribution >= 0.6 is 0 Å². The van der Waals surface area contributed by atoms with Gasteiger partial charge < -0.3 is 23.7 Å². The van der Waals surface area contributed by atoms with Crippen molar-refractivity contribution in [1.29, 1.82) is 0 Å². The van der Waals surface area contributed by atoms with Crippen LogP contribution in [-0.4, -0.2) is 71.6 Å². The van der Waals surface area contributed by atoms with E-state index in [-0.39, 0.29) is 36.3 Å². The quantitative estimate of drug-likeness (QED) is 0.384. The van der Waals surface area contributed by atoms with Crippen molar-refractivity contribution in [1.82, 2.24) is 14.9 Å². The zero-order chi connectivity index (χ0) is 28.5. The number of nitrogens with zero attached hydrogens (tertiary/aromatic N) is 4. The molecule has 0 aliphatic carbocycles. The summed E-state index contributed by atoms with van der Waals surface area (Å²) in [6.07, 6.45) is 1.17. The number of likely N-dealkylation sites (N-methyl/N-ethyl adjacent to an activating group) is 1. The predicted molar refractivity (Wildman–Crippen MR) is 138 cm³/mol. The molecule has 3 aromatic rings. The number of hydrogen-bond acceptors (Lipinski definition) is 9. The normalized spacial score (nSPS) is 16.1. The second-order valence-electron chi connectivity index (χ2n) is 10.5. The maximum Gasteiger partial charge on any atom is 0.383 e. The van der Waals surface area contributed by atoms with E-state index in [9.17, 15) is 14.4 Å². The molecule has 0 radical (unpaired) electrons. The number of hydrogen-bond donors (Lipinski definition) is 0. The lowest BCUT2D eigenvalue weighted by molar-refractivity contribution is -0.159. The highest BCUT2D eigenvalue weighted by atomic mass is 19.3. The number of fused-ring (bicyclic) bond motifs is 3. The minimum atomic E-state index is -4.09. The number of esters is 2. The molecule has 210 valence electrons. The number of alkyl halides is 2. The Morgan fingerprint density at radius 3 is 2.59 bits per heavy atom. The van der Waals surface area contributed by atoms with Crippen LogP contribution < -0.4 is 4.90 Å². The van der Waals surface area contributed by atoms with Crippen molar-refractivity contribution >= 4 is 45.7 Å². The number of carbonyl (C=O) groups excluding carboxylic acids is 3. The Balaban J connectivity index is 1.76. The number of furan rings is 1. The smallest absolute Gasteiger partial charge is 0.383 e. The van der Waals surface area contributed by atoms with E-state index >= 15 is 8.78 Å². The third-order valence-corrected chi connectivity index (χ3v) is 6.40. The largest absolute Gasteiger partial charge is 0.469 e. The van der Waals surface area contributed by atoms with Gasteiger partial charge in [-0.25, -0.2) is 14.8 Å². The molecule has 1 aliphatic heterocycles. The lowest BCUT2D eigenvalue weighted by Gasteiger charge is -2.28. The van der Waals surface area contributed by atoms with Gasteiger partial charge in [0, 0.05) is 31.9 Å². The van der Waals surface area contributed by atoms with Crippen molar-refractivity contribution in [2.45, 2.75) is 64.0 Å². The number of aromatic nitrogens is 2. The molecule has 1 aromatic carbocycles. The van der Waals surface area contributed by atoms with Crippen molar-refractivity contribution in [2.24, 2.45) is 0 Å². The fourth-order valence-electron chi connectivity index (χ4n) is 4.55. The average Bonchev–Trinajstić information content (AvgIpc) is 3.51. The van der Waals surface area contributed by atoms with E-state index in [1.165, 1.54) is 14.2 Å². The SMILES string of the molecule is COC(=O)CCCN(C)C(=O)C(F)(F)c1nc(N2CCC[C@H]2C(=O)OC(C)(C)C)c2oc3ccccc3c2n1. The van der Waals surface area contributed by atoms with E-state index in [4.69, 9.17) is 9.15 Å². The monoisotopic (exact) mass is 546 g/mol. The van der Waals surface area contributed by atoms with E-state index in [0.29, 0.717) is 30.4 Å². The van der Waals surface area contributed by atoms with E-state index in [0.717, 1.165) is 4.90 Å². The lowest BCUT2D eigenvalue weighted by atomic mass is 10.1. The summed E-state index contributed by atoms with van der Waals surface area (Å²) in [4.78, 5) is 47.9. The molecule has 0 saturated carbocycles. The number of benzene rings is 1. The van der Waals surface area contributed by atoms with Crippen LogP contribution in [0.25, 0.3) is 22.1 Å². The van der Waals surface area contributed by atoms with Gasteiger partial charge in [0.2, 0.25) is 5.82 Å². The van der Waals surface area contributed by atoms with Gasteiger partial charge in [-0.3, -0.25) is 9.59 Å². The first-order valence-corrected chi connectivity index (χ1v) is 12.7. The predicted octanol–water partition coefficient (Wildman–Crippen LogP) is 4.19. The summed E-state index contributed by atoms with van der Waals surface area (Å²) >= 11 is 0. The van der Waals surface area contributed by atoms with Crippen LogP contribution in [0.5, 0.6) is 0 Å². The number of halogens is 2. The molecule has 1 fully saturated rings. The highest BCUT2D eigenvalue weighted by molar-refractivity contribution is 6.06. The summed E-state index contributed by atoms with van der Waals surface area (Å²) in [5, 5.41) is 0.472. The highest BCUT2D eigenvalue weighted by Gasteiger charge is 2.48. The van der Waals surface area contributed by atoms with E-state index in [1.54, 1.807) is 49.9 Å². The summed E-state index contributed by atoms with van der Waals surface area (Å²) in [6.45, 7) is 5.49. The van der Waals surface area contributed by atoms with E-state index < -0.39 is 41.2 Å². The average molecular weight is 547 g/mol.